The molecule has 100 valence electrons. The second-order valence-electron chi connectivity index (χ2n) is 4.18. The number of methoxy groups -OCH3 is 1. The smallest absolute Gasteiger partial charge is 0.243 e. The normalized spacial score (nSPS) is 18.3. The van der Waals surface area contributed by atoms with Crippen LogP contribution >= 0.6 is 0 Å². The summed E-state index contributed by atoms with van der Waals surface area (Å²) in [7, 11) is -1.81. The van der Waals surface area contributed by atoms with Gasteiger partial charge in [0.25, 0.3) is 0 Å². The third-order valence-corrected chi connectivity index (χ3v) is 4.91. The van der Waals surface area contributed by atoms with E-state index < -0.39 is 10.0 Å². The van der Waals surface area contributed by atoms with Gasteiger partial charge in [-0.2, -0.15) is 4.31 Å². The summed E-state index contributed by atoms with van der Waals surface area (Å²) >= 11 is 0. The number of rotatable bonds is 3. The highest BCUT2D eigenvalue weighted by Gasteiger charge is 2.24. The van der Waals surface area contributed by atoms with Crippen molar-refractivity contribution in [3.8, 4) is 5.75 Å². The van der Waals surface area contributed by atoms with E-state index in [2.05, 4.69) is 5.32 Å². The minimum absolute atomic E-state index is 0.324. The van der Waals surface area contributed by atoms with Crippen LogP contribution in [0.4, 0.5) is 0 Å². The Morgan fingerprint density at radius 2 is 1.89 bits per heavy atom. The highest BCUT2D eigenvalue weighted by Crippen LogP contribution is 2.19. The van der Waals surface area contributed by atoms with Gasteiger partial charge in [-0.25, -0.2) is 8.42 Å². The van der Waals surface area contributed by atoms with E-state index in [4.69, 9.17) is 4.74 Å². The molecule has 1 fully saturated rings. The Morgan fingerprint density at radius 3 is 2.56 bits per heavy atom. The van der Waals surface area contributed by atoms with E-state index in [1.54, 1.807) is 31.4 Å². The van der Waals surface area contributed by atoms with Crippen molar-refractivity contribution in [2.75, 3.05) is 33.3 Å². The van der Waals surface area contributed by atoms with Gasteiger partial charge in [0.2, 0.25) is 10.0 Å². The first-order valence-electron chi connectivity index (χ1n) is 5.99. The molecule has 0 unspecified atom stereocenters. The number of hydrogen-bond donors (Lipinski definition) is 1. The summed E-state index contributed by atoms with van der Waals surface area (Å²) in [5.41, 5.74) is 0. The van der Waals surface area contributed by atoms with Crippen LogP contribution in [0.15, 0.2) is 29.2 Å². The zero-order chi connectivity index (χ0) is 13.0. The van der Waals surface area contributed by atoms with Gasteiger partial charge in [0, 0.05) is 19.6 Å². The fraction of sp³-hybridized carbons (Fsp3) is 0.500. The maximum absolute atomic E-state index is 12.4. The summed E-state index contributed by atoms with van der Waals surface area (Å²) in [5.74, 6) is 0.659. The third kappa shape index (κ3) is 2.82. The van der Waals surface area contributed by atoms with E-state index in [0.717, 1.165) is 13.0 Å². The predicted octanol–water partition coefficient (Wildman–Crippen LogP) is 0.679. The van der Waals surface area contributed by atoms with Crippen LogP contribution in [0.2, 0.25) is 0 Å². The molecule has 1 N–H and O–H groups in total. The molecule has 2 rings (SSSR count). The summed E-state index contributed by atoms with van der Waals surface area (Å²) in [4.78, 5) is 0.324. The lowest BCUT2D eigenvalue weighted by atomic mass is 10.3. The van der Waals surface area contributed by atoms with Crippen molar-refractivity contribution < 1.29 is 13.2 Å². The molecule has 0 spiro atoms. The van der Waals surface area contributed by atoms with Gasteiger partial charge in [0.1, 0.15) is 5.75 Å². The van der Waals surface area contributed by atoms with Crippen LogP contribution in [0.3, 0.4) is 0 Å². The quantitative estimate of drug-likeness (QED) is 0.877. The molecule has 0 amide bonds. The summed E-state index contributed by atoms with van der Waals surface area (Å²) in [5, 5.41) is 3.19. The first kappa shape index (κ1) is 13.3. The van der Waals surface area contributed by atoms with Gasteiger partial charge in [0.15, 0.2) is 0 Å². The largest absolute Gasteiger partial charge is 0.497 e. The number of hydrogen-bond acceptors (Lipinski definition) is 4. The van der Waals surface area contributed by atoms with Crippen molar-refractivity contribution in [1.29, 1.82) is 0 Å². The number of nitrogens with zero attached hydrogens (tertiary/aromatic N) is 1. The number of sulfonamides is 1. The molecule has 1 aliphatic rings. The molecule has 1 heterocycles. The Bertz CT molecular complexity index is 477. The van der Waals surface area contributed by atoms with Gasteiger partial charge < -0.3 is 10.1 Å². The molecule has 0 radical (unpaired) electrons. The second kappa shape index (κ2) is 5.69. The number of ether oxygens (including phenoxy) is 1. The Balaban J connectivity index is 2.22. The molecule has 0 aliphatic carbocycles. The van der Waals surface area contributed by atoms with Crippen molar-refractivity contribution in [2.45, 2.75) is 11.3 Å². The van der Waals surface area contributed by atoms with E-state index in [-0.39, 0.29) is 0 Å². The van der Waals surface area contributed by atoms with Crippen LogP contribution in [-0.2, 0) is 10.0 Å². The zero-order valence-electron chi connectivity index (χ0n) is 10.4. The molecule has 6 heteroatoms. The van der Waals surface area contributed by atoms with Crippen molar-refractivity contribution >= 4 is 10.0 Å². The summed E-state index contributed by atoms with van der Waals surface area (Å²) in [6.45, 7) is 2.67. The maximum Gasteiger partial charge on any atom is 0.243 e. The molecular weight excluding hydrogens is 252 g/mol. The van der Waals surface area contributed by atoms with E-state index in [1.165, 1.54) is 4.31 Å². The SMILES string of the molecule is COc1ccc(S(=O)(=O)N2CCCNCC2)cc1. The Labute approximate surface area is 108 Å². The third-order valence-electron chi connectivity index (χ3n) is 3.00. The molecule has 0 saturated carbocycles. The minimum atomic E-state index is -3.37. The van der Waals surface area contributed by atoms with Crippen molar-refractivity contribution in [1.82, 2.24) is 9.62 Å². The molecule has 1 aliphatic heterocycles. The molecule has 0 atom stereocenters. The molecule has 0 aromatic heterocycles. The van der Waals surface area contributed by atoms with Gasteiger partial charge in [-0.1, -0.05) is 0 Å². The number of benzene rings is 1. The first-order valence-corrected chi connectivity index (χ1v) is 7.43. The lowest BCUT2D eigenvalue weighted by Crippen LogP contribution is -2.34. The van der Waals surface area contributed by atoms with Crippen LogP contribution < -0.4 is 10.1 Å². The van der Waals surface area contributed by atoms with Gasteiger partial charge >= 0.3 is 0 Å². The molecule has 1 saturated heterocycles. The summed E-state index contributed by atoms with van der Waals surface area (Å²) < 4.78 is 31.4. The Kier molecular flexibility index (Phi) is 4.21. The van der Waals surface area contributed by atoms with Crippen molar-refractivity contribution in [2.24, 2.45) is 0 Å². The lowest BCUT2D eigenvalue weighted by molar-refractivity contribution is 0.413. The topological polar surface area (TPSA) is 58.6 Å². The standard InChI is InChI=1S/C12H18N2O3S/c1-17-11-3-5-12(6-4-11)18(15,16)14-9-2-7-13-8-10-14/h3-6,13H,2,7-10H2,1H3. The summed E-state index contributed by atoms with van der Waals surface area (Å²) in [6, 6.07) is 6.52. The van der Waals surface area contributed by atoms with E-state index >= 15 is 0 Å². The predicted molar refractivity (Wildman–Crippen MR) is 69.2 cm³/mol. The molecular formula is C12H18N2O3S. The van der Waals surface area contributed by atoms with Crippen LogP contribution in [0.1, 0.15) is 6.42 Å². The zero-order valence-corrected chi connectivity index (χ0v) is 11.2. The highest BCUT2D eigenvalue weighted by molar-refractivity contribution is 7.89. The average molecular weight is 270 g/mol. The number of nitrogens with one attached hydrogen (secondary N) is 1. The Morgan fingerprint density at radius 1 is 1.17 bits per heavy atom. The van der Waals surface area contributed by atoms with Crippen LogP contribution in [0, 0.1) is 0 Å². The van der Waals surface area contributed by atoms with Crippen molar-refractivity contribution in [3.63, 3.8) is 0 Å². The average Bonchev–Trinajstić information content (AvgIpc) is 2.68. The maximum atomic E-state index is 12.4. The first-order chi connectivity index (χ1) is 8.64. The van der Waals surface area contributed by atoms with Gasteiger partial charge in [0.05, 0.1) is 12.0 Å². The van der Waals surface area contributed by atoms with Crippen molar-refractivity contribution in [3.05, 3.63) is 24.3 Å². The molecule has 5 nitrogen and oxygen atoms in total. The summed E-state index contributed by atoms with van der Waals surface area (Å²) in [6.07, 6.45) is 0.843. The minimum Gasteiger partial charge on any atom is -0.497 e. The van der Waals surface area contributed by atoms with Crippen LogP contribution in [0.25, 0.3) is 0 Å². The Hall–Kier alpha value is -1.11. The van der Waals surface area contributed by atoms with Crippen LogP contribution in [0.5, 0.6) is 5.75 Å². The van der Waals surface area contributed by atoms with Gasteiger partial charge in [-0.3, -0.25) is 0 Å². The van der Waals surface area contributed by atoms with E-state index in [9.17, 15) is 8.42 Å². The molecule has 1 aromatic rings. The lowest BCUT2D eigenvalue weighted by Gasteiger charge is -2.19. The van der Waals surface area contributed by atoms with Crippen LogP contribution in [-0.4, -0.2) is 46.0 Å². The molecule has 0 bridgehead atoms. The van der Waals surface area contributed by atoms with E-state index in [0.29, 0.717) is 30.3 Å². The second-order valence-corrected chi connectivity index (χ2v) is 6.12. The van der Waals surface area contributed by atoms with E-state index in [1.807, 2.05) is 0 Å². The van der Waals surface area contributed by atoms with Gasteiger partial charge in [-0.15, -0.1) is 0 Å². The monoisotopic (exact) mass is 270 g/mol. The fourth-order valence-electron chi connectivity index (χ4n) is 1.96. The highest BCUT2D eigenvalue weighted by atomic mass is 32.2. The fourth-order valence-corrected chi connectivity index (χ4v) is 3.44. The van der Waals surface area contributed by atoms with Gasteiger partial charge in [-0.05, 0) is 37.2 Å². The molecule has 1 aromatic carbocycles. The molecule has 18 heavy (non-hydrogen) atoms.